The van der Waals surface area contributed by atoms with Crippen molar-refractivity contribution in [2.75, 3.05) is 13.6 Å². The summed E-state index contributed by atoms with van der Waals surface area (Å²) in [5, 5.41) is 13.1. The summed E-state index contributed by atoms with van der Waals surface area (Å²) in [4.78, 5) is 2.30. The summed E-state index contributed by atoms with van der Waals surface area (Å²) in [5.74, 6) is -0.254. The monoisotopic (exact) mass is 386 g/mol. The molecule has 4 rings (SSSR count). The van der Waals surface area contributed by atoms with Crippen LogP contribution in [0.2, 0.25) is 5.02 Å². The summed E-state index contributed by atoms with van der Waals surface area (Å²) in [6.07, 6.45) is 0.927. The van der Waals surface area contributed by atoms with Gasteiger partial charge in [0.05, 0.1) is 6.54 Å². The average molecular weight is 387 g/mol. The number of aliphatic hydroxyl groups is 1. The number of rotatable bonds is 3. The normalized spacial score (nSPS) is 17.1. The maximum Gasteiger partial charge on any atom is 0.126 e. The van der Waals surface area contributed by atoms with Crippen LogP contribution >= 0.6 is 11.6 Å². The molecule has 1 atom stereocenters. The lowest BCUT2D eigenvalue weighted by Gasteiger charge is -2.29. The van der Waals surface area contributed by atoms with Gasteiger partial charge in [0.25, 0.3) is 0 Å². The summed E-state index contributed by atoms with van der Waals surface area (Å²) in [5.41, 5.74) is 3.77. The van der Waals surface area contributed by atoms with Gasteiger partial charge in [-0.3, -0.25) is 0 Å². The first kappa shape index (κ1) is 18.5. The highest BCUT2D eigenvalue weighted by molar-refractivity contribution is 6.31. The minimum Gasteiger partial charge on any atom is -0.384 e. The molecule has 2 aromatic carbocycles. The quantitative estimate of drug-likeness (QED) is 0.710. The van der Waals surface area contributed by atoms with E-state index in [1.807, 2.05) is 18.2 Å². The van der Waals surface area contributed by atoms with Crippen molar-refractivity contribution in [1.29, 1.82) is 0 Å². The molecule has 27 heavy (non-hydrogen) atoms. The van der Waals surface area contributed by atoms with Crippen LogP contribution in [0.3, 0.4) is 0 Å². The van der Waals surface area contributed by atoms with E-state index in [1.165, 1.54) is 17.3 Å². The van der Waals surface area contributed by atoms with Crippen LogP contribution in [0.1, 0.15) is 29.3 Å². The van der Waals surface area contributed by atoms with E-state index in [-0.39, 0.29) is 5.82 Å². The Morgan fingerprint density at radius 3 is 2.74 bits per heavy atom. The van der Waals surface area contributed by atoms with E-state index < -0.39 is 5.60 Å². The maximum atomic E-state index is 13.7. The number of hydrogen-bond donors (Lipinski definition) is 1. The number of hydrogen-bond acceptors (Lipinski definition) is 2. The molecule has 1 aromatic heterocycles. The van der Waals surface area contributed by atoms with E-state index in [1.54, 1.807) is 26.0 Å². The Hall–Kier alpha value is -1.88. The van der Waals surface area contributed by atoms with E-state index in [9.17, 15) is 9.50 Å². The zero-order valence-corrected chi connectivity index (χ0v) is 16.6. The fraction of sp³-hybridized carbons (Fsp3) is 0.364. The van der Waals surface area contributed by atoms with Crippen molar-refractivity contribution in [1.82, 2.24) is 9.47 Å². The van der Waals surface area contributed by atoms with Gasteiger partial charge in [-0.25, -0.2) is 4.39 Å². The Morgan fingerprint density at radius 1 is 1.22 bits per heavy atom. The molecule has 1 N–H and O–H groups in total. The first-order valence-electron chi connectivity index (χ1n) is 9.23. The smallest absolute Gasteiger partial charge is 0.126 e. The largest absolute Gasteiger partial charge is 0.384 e. The van der Waals surface area contributed by atoms with Gasteiger partial charge in [0.1, 0.15) is 11.4 Å². The average Bonchev–Trinajstić information content (AvgIpc) is 2.89. The molecule has 1 aliphatic rings. The van der Waals surface area contributed by atoms with Crippen molar-refractivity contribution in [3.63, 3.8) is 0 Å². The summed E-state index contributed by atoms with van der Waals surface area (Å²) in [6.45, 7) is 5.78. The minimum atomic E-state index is -1.11. The lowest BCUT2D eigenvalue weighted by Crippen LogP contribution is -2.31. The van der Waals surface area contributed by atoms with Crippen LogP contribution < -0.4 is 0 Å². The van der Waals surface area contributed by atoms with Crippen molar-refractivity contribution in [2.24, 2.45) is 0 Å². The lowest BCUT2D eigenvalue weighted by atomic mass is 9.94. The van der Waals surface area contributed by atoms with Gasteiger partial charge in [0.2, 0.25) is 0 Å². The predicted molar refractivity (Wildman–Crippen MR) is 108 cm³/mol. The Balaban J connectivity index is 1.83. The van der Waals surface area contributed by atoms with Gasteiger partial charge in [0.15, 0.2) is 0 Å². The van der Waals surface area contributed by atoms with Crippen molar-refractivity contribution in [3.8, 4) is 0 Å². The van der Waals surface area contributed by atoms with Crippen molar-refractivity contribution >= 4 is 22.5 Å². The molecular weight excluding hydrogens is 363 g/mol. The van der Waals surface area contributed by atoms with E-state index in [2.05, 4.69) is 16.5 Å². The zero-order chi connectivity index (χ0) is 19.3. The molecule has 0 saturated carbocycles. The fourth-order valence-electron chi connectivity index (χ4n) is 4.12. The molecule has 0 fully saturated rings. The highest BCUT2D eigenvalue weighted by atomic mass is 35.5. The number of benzene rings is 2. The molecule has 0 saturated heterocycles. The van der Waals surface area contributed by atoms with E-state index >= 15 is 0 Å². The molecule has 2 heterocycles. The summed E-state index contributed by atoms with van der Waals surface area (Å²) in [6, 6.07) is 10.8. The standard InChI is InChI=1S/C22H24ClFN2O/c1-14-10-15(4-6-19(14)24)22(2,27)13-26-20-7-5-16(23)11-17(20)18-12-25(3)9-8-21(18)26/h4-7,10-11,27H,8-9,12-13H2,1-3H3. The lowest BCUT2D eigenvalue weighted by molar-refractivity contribution is 0.0384. The predicted octanol–water partition coefficient (Wildman–Crippen LogP) is 4.64. The third-order valence-electron chi connectivity index (χ3n) is 5.65. The molecule has 1 unspecified atom stereocenters. The first-order valence-corrected chi connectivity index (χ1v) is 9.61. The molecule has 0 spiro atoms. The maximum absolute atomic E-state index is 13.7. The third kappa shape index (κ3) is 3.27. The van der Waals surface area contributed by atoms with Crippen molar-refractivity contribution < 1.29 is 9.50 Å². The first-order chi connectivity index (χ1) is 12.8. The Kier molecular flexibility index (Phi) is 4.53. The van der Waals surface area contributed by atoms with Crippen molar-refractivity contribution in [2.45, 2.75) is 39.0 Å². The molecule has 142 valence electrons. The number of nitrogens with zero attached hydrogens (tertiary/aromatic N) is 2. The van der Waals surface area contributed by atoms with Gasteiger partial charge in [-0.2, -0.15) is 0 Å². The second-order valence-corrected chi connectivity index (χ2v) is 8.33. The van der Waals surface area contributed by atoms with Crippen LogP contribution in [0.15, 0.2) is 36.4 Å². The van der Waals surface area contributed by atoms with Gasteiger partial charge in [-0.05, 0) is 61.9 Å². The molecule has 0 aliphatic carbocycles. The number of fused-ring (bicyclic) bond motifs is 3. The number of aromatic nitrogens is 1. The van der Waals surface area contributed by atoms with Crippen LogP contribution in [0, 0.1) is 12.7 Å². The van der Waals surface area contributed by atoms with Crippen LogP contribution in [0.25, 0.3) is 10.9 Å². The minimum absolute atomic E-state index is 0.254. The second-order valence-electron chi connectivity index (χ2n) is 7.90. The highest BCUT2D eigenvalue weighted by Gasteiger charge is 2.29. The third-order valence-corrected chi connectivity index (χ3v) is 5.89. The topological polar surface area (TPSA) is 28.4 Å². The summed E-state index contributed by atoms with van der Waals surface area (Å²) < 4.78 is 15.9. The molecule has 3 nitrogen and oxygen atoms in total. The SMILES string of the molecule is Cc1cc(C(C)(O)Cn2c3c(c4cc(Cl)ccc42)CN(C)CC3)ccc1F. The number of halogens is 2. The summed E-state index contributed by atoms with van der Waals surface area (Å²) in [7, 11) is 2.12. The van der Waals surface area contributed by atoms with E-state index in [4.69, 9.17) is 11.6 Å². The zero-order valence-electron chi connectivity index (χ0n) is 15.9. The molecular formula is C22H24ClFN2O. The molecule has 0 bridgehead atoms. The molecule has 0 radical (unpaired) electrons. The highest BCUT2D eigenvalue weighted by Crippen LogP contribution is 2.35. The van der Waals surface area contributed by atoms with Gasteiger partial charge >= 0.3 is 0 Å². The van der Waals surface area contributed by atoms with Gasteiger partial charge in [0, 0.05) is 41.1 Å². The van der Waals surface area contributed by atoms with E-state index in [0.29, 0.717) is 12.1 Å². The van der Waals surface area contributed by atoms with Crippen LogP contribution in [0.5, 0.6) is 0 Å². The Labute approximate surface area is 164 Å². The molecule has 5 heteroatoms. The molecule has 1 aliphatic heterocycles. The van der Waals surface area contributed by atoms with Gasteiger partial charge in [-0.15, -0.1) is 0 Å². The van der Waals surface area contributed by atoms with Gasteiger partial charge in [-0.1, -0.05) is 23.7 Å². The van der Waals surface area contributed by atoms with Gasteiger partial charge < -0.3 is 14.6 Å². The second kappa shape index (κ2) is 6.62. The number of aryl methyl sites for hydroxylation is 1. The van der Waals surface area contributed by atoms with E-state index in [0.717, 1.165) is 41.0 Å². The molecule has 0 amide bonds. The summed E-state index contributed by atoms with van der Waals surface area (Å²) >= 11 is 6.26. The fourth-order valence-corrected chi connectivity index (χ4v) is 4.29. The van der Waals surface area contributed by atoms with Crippen LogP contribution in [-0.2, 0) is 25.1 Å². The number of likely N-dealkylation sites (N-methyl/N-ethyl adjacent to an activating group) is 1. The van der Waals surface area contributed by atoms with Crippen LogP contribution in [0.4, 0.5) is 4.39 Å². The molecule has 3 aromatic rings. The Bertz CT molecular complexity index is 1020. The van der Waals surface area contributed by atoms with Crippen LogP contribution in [-0.4, -0.2) is 28.2 Å². The van der Waals surface area contributed by atoms with Crippen molar-refractivity contribution in [3.05, 3.63) is 69.6 Å². The Morgan fingerprint density at radius 2 is 2.00 bits per heavy atom.